The van der Waals surface area contributed by atoms with Gasteiger partial charge in [-0.1, -0.05) is 23.2 Å². The predicted octanol–water partition coefficient (Wildman–Crippen LogP) is 3.83. The molecule has 1 aliphatic heterocycles. The minimum Gasteiger partial charge on any atom is -0.465 e. The van der Waals surface area contributed by atoms with Gasteiger partial charge in [0.15, 0.2) is 17.3 Å². The lowest BCUT2D eigenvalue weighted by Gasteiger charge is -2.05. The molecule has 1 N–H and O–H groups in total. The van der Waals surface area contributed by atoms with Crippen LogP contribution in [0.25, 0.3) is 22.0 Å². The van der Waals surface area contributed by atoms with Crippen molar-refractivity contribution in [3.05, 3.63) is 62.7 Å². The number of halogens is 2. The number of H-pyrrole nitrogens is 1. The zero-order valence-electron chi connectivity index (χ0n) is 14.4. The van der Waals surface area contributed by atoms with Gasteiger partial charge in [0.05, 0.1) is 33.6 Å². The van der Waals surface area contributed by atoms with Crippen molar-refractivity contribution in [1.82, 2.24) is 9.97 Å². The van der Waals surface area contributed by atoms with Crippen molar-refractivity contribution in [3.8, 4) is 11.5 Å². The molecule has 2 heterocycles. The van der Waals surface area contributed by atoms with Crippen LogP contribution in [0.15, 0.2) is 35.1 Å². The summed E-state index contributed by atoms with van der Waals surface area (Å²) in [6.07, 6.45) is 1.59. The van der Waals surface area contributed by atoms with E-state index in [-0.39, 0.29) is 28.8 Å². The van der Waals surface area contributed by atoms with Crippen molar-refractivity contribution in [2.75, 3.05) is 13.9 Å². The van der Waals surface area contributed by atoms with E-state index < -0.39 is 5.97 Å². The molecule has 0 saturated heterocycles. The molecule has 7 nitrogen and oxygen atoms in total. The molecule has 28 heavy (non-hydrogen) atoms. The van der Waals surface area contributed by atoms with Crippen LogP contribution in [-0.4, -0.2) is 29.8 Å². The van der Waals surface area contributed by atoms with Crippen molar-refractivity contribution >= 4 is 51.2 Å². The van der Waals surface area contributed by atoms with Crippen LogP contribution in [0.4, 0.5) is 0 Å². The number of carbonyl (C=O) groups is 1. The lowest BCUT2D eigenvalue weighted by Crippen LogP contribution is -2.11. The topological polar surface area (TPSA) is 90.5 Å². The quantitative estimate of drug-likeness (QED) is 0.649. The van der Waals surface area contributed by atoms with E-state index in [0.29, 0.717) is 33.0 Å². The first-order valence-corrected chi connectivity index (χ1v) is 8.81. The van der Waals surface area contributed by atoms with Gasteiger partial charge in [0.25, 0.3) is 5.56 Å². The standard InChI is InChI=1S/C19H12Cl2N2O5/c1-26-19(25)10-2-3-11-14(7-10)22-17(23-18(11)24)13(21)5-9-4-12(20)16-15(6-9)27-8-28-16/h2-7H,8H2,1H3,(H,22,23,24)/b13-5-. The smallest absolute Gasteiger partial charge is 0.337 e. The summed E-state index contributed by atoms with van der Waals surface area (Å²) in [5.74, 6) is 0.602. The molecule has 0 bridgehead atoms. The molecule has 0 fully saturated rings. The fraction of sp³-hybridized carbons (Fsp3) is 0.105. The van der Waals surface area contributed by atoms with E-state index in [0.717, 1.165) is 0 Å². The molecule has 9 heteroatoms. The molecule has 0 unspecified atom stereocenters. The van der Waals surface area contributed by atoms with Gasteiger partial charge >= 0.3 is 5.97 Å². The Balaban J connectivity index is 1.77. The Kier molecular flexibility index (Phi) is 4.70. The van der Waals surface area contributed by atoms with E-state index in [4.69, 9.17) is 37.4 Å². The molecule has 142 valence electrons. The van der Waals surface area contributed by atoms with Gasteiger partial charge in [-0.15, -0.1) is 0 Å². The van der Waals surface area contributed by atoms with Crippen LogP contribution in [0.2, 0.25) is 5.02 Å². The zero-order valence-corrected chi connectivity index (χ0v) is 15.9. The van der Waals surface area contributed by atoms with E-state index >= 15 is 0 Å². The van der Waals surface area contributed by atoms with Crippen LogP contribution in [0, 0.1) is 0 Å². The molecule has 0 atom stereocenters. The summed E-state index contributed by atoms with van der Waals surface area (Å²) in [4.78, 5) is 31.1. The number of aromatic nitrogens is 2. The molecule has 0 radical (unpaired) electrons. The summed E-state index contributed by atoms with van der Waals surface area (Å²) in [7, 11) is 1.28. The lowest BCUT2D eigenvalue weighted by atomic mass is 10.1. The Bertz CT molecular complexity index is 1200. The number of fused-ring (bicyclic) bond motifs is 2. The van der Waals surface area contributed by atoms with Crippen LogP contribution in [0.3, 0.4) is 0 Å². The third-order valence-electron chi connectivity index (χ3n) is 4.10. The Morgan fingerprint density at radius 2 is 2.11 bits per heavy atom. The van der Waals surface area contributed by atoms with E-state index in [1.807, 2.05) is 0 Å². The third kappa shape index (κ3) is 3.30. The third-order valence-corrected chi connectivity index (χ3v) is 4.67. The second-order valence-electron chi connectivity index (χ2n) is 5.87. The number of esters is 1. The highest BCUT2D eigenvalue weighted by molar-refractivity contribution is 6.50. The van der Waals surface area contributed by atoms with Crippen LogP contribution < -0.4 is 15.0 Å². The van der Waals surface area contributed by atoms with Crippen LogP contribution in [-0.2, 0) is 4.74 Å². The molecule has 1 aliphatic rings. The molecule has 4 rings (SSSR count). The van der Waals surface area contributed by atoms with Crippen LogP contribution in [0.5, 0.6) is 11.5 Å². The molecular weight excluding hydrogens is 407 g/mol. The summed E-state index contributed by atoms with van der Waals surface area (Å²) in [6, 6.07) is 7.85. The molecule has 1 aromatic heterocycles. The van der Waals surface area contributed by atoms with Crippen molar-refractivity contribution in [1.29, 1.82) is 0 Å². The Morgan fingerprint density at radius 1 is 1.29 bits per heavy atom. The van der Waals surface area contributed by atoms with E-state index in [9.17, 15) is 9.59 Å². The maximum atomic E-state index is 12.4. The number of aromatic amines is 1. The number of nitrogens with zero attached hydrogens (tertiary/aromatic N) is 1. The molecule has 0 spiro atoms. The normalized spacial score (nSPS) is 13.0. The van der Waals surface area contributed by atoms with Gasteiger partial charge in [0.1, 0.15) is 0 Å². The summed E-state index contributed by atoms with van der Waals surface area (Å²) in [5.41, 5.74) is 0.857. The number of ether oxygens (including phenoxy) is 3. The maximum Gasteiger partial charge on any atom is 0.337 e. The second kappa shape index (κ2) is 7.18. The minimum absolute atomic E-state index is 0.0953. The number of rotatable bonds is 3. The average Bonchev–Trinajstić information content (AvgIpc) is 3.16. The van der Waals surface area contributed by atoms with Gasteiger partial charge in [-0.25, -0.2) is 9.78 Å². The van der Waals surface area contributed by atoms with Gasteiger partial charge in [0, 0.05) is 0 Å². The monoisotopic (exact) mass is 418 g/mol. The van der Waals surface area contributed by atoms with E-state index in [1.54, 1.807) is 18.2 Å². The second-order valence-corrected chi connectivity index (χ2v) is 6.68. The van der Waals surface area contributed by atoms with Gasteiger partial charge < -0.3 is 19.2 Å². The summed E-state index contributed by atoms with van der Waals surface area (Å²) >= 11 is 12.5. The first-order valence-electron chi connectivity index (χ1n) is 8.05. The first-order chi connectivity index (χ1) is 13.5. The SMILES string of the molecule is COC(=O)c1ccc2c(=O)[nH]c(/C(Cl)=C/c3cc(Cl)c4c(c3)OCO4)nc2c1. The van der Waals surface area contributed by atoms with Crippen molar-refractivity contribution < 1.29 is 19.0 Å². The number of carbonyl (C=O) groups excluding carboxylic acids is 1. The van der Waals surface area contributed by atoms with Gasteiger partial charge in [-0.2, -0.15) is 0 Å². The van der Waals surface area contributed by atoms with Crippen molar-refractivity contribution in [2.45, 2.75) is 0 Å². The fourth-order valence-corrected chi connectivity index (χ4v) is 3.27. The molecule has 0 aliphatic carbocycles. The van der Waals surface area contributed by atoms with Gasteiger partial charge in [-0.05, 0) is 42.0 Å². The predicted molar refractivity (Wildman–Crippen MR) is 105 cm³/mol. The number of benzene rings is 2. The summed E-state index contributed by atoms with van der Waals surface area (Å²) in [5, 5.41) is 0.887. The average molecular weight is 419 g/mol. The highest BCUT2D eigenvalue weighted by Gasteiger charge is 2.18. The van der Waals surface area contributed by atoms with Crippen LogP contribution >= 0.6 is 23.2 Å². The Labute approximate surface area is 168 Å². The zero-order chi connectivity index (χ0) is 19.8. The first kappa shape index (κ1) is 18.3. The maximum absolute atomic E-state index is 12.4. The van der Waals surface area contributed by atoms with Gasteiger partial charge in [0.2, 0.25) is 6.79 Å². The number of methoxy groups -OCH3 is 1. The van der Waals surface area contributed by atoms with Gasteiger partial charge in [-0.3, -0.25) is 4.79 Å². The van der Waals surface area contributed by atoms with Crippen molar-refractivity contribution in [2.24, 2.45) is 0 Å². The number of hydrogen-bond acceptors (Lipinski definition) is 6. The molecule has 2 aromatic carbocycles. The molecule has 3 aromatic rings. The summed E-state index contributed by atoms with van der Waals surface area (Å²) < 4.78 is 15.3. The largest absolute Gasteiger partial charge is 0.465 e. The summed E-state index contributed by atoms with van der Waals surface area (Å²) in [6.45, 7) is 0.0953. The van der Waals surface area contributed by atoms with Crippen LogP contribution in [0.1, 0.15) is 21.7 Å². The Hall–Kier alpha value is -3.03. The lowest BCUT2D eigenvalue weighted by molar-refractivity contribution is 0.0601. The van der Waals surface area contributed by atoms with E-state index in [1.165, 1.54) is 25.3 Å². The number of nitrogens with one attached hydrogen (secondary N) is 1. The molecular formula is C19H12Cl2N2O5. The Morgan fingerprint density at radius 3 is 2.89 bits per heavy atom. The highest BCUT2D eigenvalue weighted by Crippen LogP contribution is 2.40. The van der Waals surface area contributed by atoms with Crippen molar-refractivity contribution in [3.63, 3.8) is 0 Å². The minimum atomic E-state index is -0.526. The fourth-order valence-electron chi connectivity index (χ4n) is 2.78. The molecule has 0 amide bonds. The van der Waals surface area contributed by atoms with E-state index in [2.05, 4.69) is 9.97 Å². The number of hydrogen-bond donors (Lipinski definition) is 1. The highest BCUT2D eigenvalue weighted by atomic mass is 35.5. The molecule has 0 saturated carbocycles.